The third-order valence-corrected chi connectivity index (χ3v) is 9.03. The normalized spacial score (nSPS) is 10.5. The first-order valence-corrected chi connectivity index (χ1v) is 19.0. The highest BCUT2D eigenvalue weighted by atomic mass is 15.1. The highest BCUT2D eigenvalue weighted by molar-refractivity contribution is 5.79. The van der Waals surface area contributed by atoms with Gasteiger partial charge in [-0.3, -0.25) is 0 Å². The van der Waals surface area contributed by atoms with Crippen LogP contribution in [0.3, 0.4) is 0 Å². The Morgan fingerprint density at radius 3 is 0.833 bits per heavy atom. The van der Waals surface area contributed by atoms with Gasteiger partial charge in [0.2, 0.25) is 0 Å². The van der Waals surface area contributed by atoms with Gasteiger partial charge in [0.05, 0.1) is 0 Å². The van der Waals surface area contributed by atoms with E-state index in [1.807, 2.05) is 13.8 Å². The van der Waals surface area contributed by atoms with Crippen LogP contribution in [0, 0.1) is 41.5 Å². The Hall–Kier alpha value is -6.12. The van der Waals surface area contributed by atoms with Crippen molar-refractivity contribution in [2.45, 2.75) is 55.4 Å². The molecule has 0 aromatic heterocycles. The monoisotopic (exact) mass is 706 g/mol. The van der Waals surface area contributed by atoms with Crippen LogP contribution in [-0.2, 0) is 0 Å². The van der Waals surface area contributed by atoms with Gasteiger partial charge in [0.15, 0.2) is 0 Å². The fraction of sp³-hybridized carbons (Fsp3) is 0.154. The van der Waals surface area contributed by atoms with Gasteiger partial charge >= 0.3 is 0 Å². The molecular formula is C52H54N2. The van der Waals surface area contributed by atoms with Crippen LogP contribution in [0.1, 0.15) is 58.4 Å². The van der Waals surface area contributed by atoms with Gasteiger partial charge < -0.3 is 9.80 Å². The summed E-state index contributed by atoms with van der Waals surface area (Å²) in [7, 11) is 0. The van der Waals surface area contributed by atoms with Gasteiger partial charge in [-0.15, -0.1) is 0 Å². The Labute approximate surface area is 324 Å². The molecule has 0 spiro atoms. The van der Waals surface area contributed by atoms with Crippen molar-refractivity contribution in [1.29, 1.82) is 0 Å². The van der Waals surface area contributed by atoms with Crippen LogP contribution < -0.4 is 9.80 Å². The number of aryl methyl sites for hydroxylation is 6. The number of hydrogen-bond acceptors (Lipinski definition) is 2. The number of nitrogens with zero attached hydrogens (tertiary/aromatic N) is 2. The van der Waals surface area contributed by atoms with Crippen molar-refractivity contribution in [2.24, 2.45) is 0 Å². The van der Waals surface area contributed by atoms with Crippen molar-refractivity contribution in [3.05, 3.63) is 214 Å². The summed E-state index contributed by atoms with van der Waals surface area (Å²) in [5.74, 6) is 0. The van der Waals surface area contributed by atoms with Crippen molar-refractivity contribution in [2.75, 3.05) is 9.80 Å². The summed E-state index contributed by atoms with van der Waals surface area (Å²) < 4.78 is 0. The van der Waals surface area contributed by atoms with E-state index in [1.165, 1.54) is 72.9 Å². The molecule has 7 aromatic carbocycles. The van der Waals surface area contributed by atoms with E-state index in [0.29, 0.717) is 0 Å². The first-order chi connectivity index (χ1) is 26.2. The zero-order valence-electron chi connectivity index (χ0n) is 33.2. The van der Waals surface area contributed by atoms with Gasteiger partial charge in [0.1, 0.15) is 0 Å². The molecule has 0 saturated heterocycles. The Morgan fingerprint density at radius 1 is 0.278 bits per heavy atom. The molecule has 7 aromatic rings. The van der Waals surface area contributed by atoms with Gasteiger partial charge in [-0.05, 0) is 148 Å². The second-order valence-corrected chi connectivity index (χ2v) is 13.7. The molecule has 0 heterocycles. The molecule has 0 aliphatic heterocycles. The molecule has 2 heteroatoms. The van der Waals surface area contributed by atoms with Crippen LogP contribution in [0.2, 0.25) is 0 Å². The largest absolute Gasteiger partial charge is 0.310 e. The summed E-state index contributed by atoms with van der Waals surface area (Å²) in [4.78, 5) is 4.62. The average Bonchev–Trinajstić information content (AvgIpc) is 3.17. The molecule has 0 unspecified atom stereocenters. The predicted molar refractivity (Wildman–Crippen MR) is 237 cm³/mol. The van der Waals surface area contributed by atoms with Crippen LogP contribution in [0.4, 0.5) is 34.1 Å². The molecule has 54 heavy (non-hydrogen) atoms. The number of rotatable bonds is 8. The van der Waals surface area contributed by atoms with Gasteiger partial charge in [-0.25, -0.2) is 0 Å². The van der Waals surface area contributed by atoms with Crippen molar-refractivity contribution in [1.82, 2.24) is 0 Å². The lowest BCUT2D eigenvalue weighted by atomic mass is 10.1. The minimum absolute atomic E-state index is 1.15. The number of benzene rings is 7. The van der Waals surface area contributed by atoms with E-state index in [2.05, 4.69) is 233 Å². The molecule has 0 radical (unpaired) electrons. The average molecular weight is 707 g/mol. The molecule has 0 atom stereocenters. The van der Waals surface area contributed by atoms with Crippen LogP contribution in [-0.4, -0.2) is 0 Å². The van der Waals surface area contributed by atoms with Crippen LogP contribution in [0.25, 0.3) is 12.2 Å². The van der Waals surface area contributed by atoms with Crippen molar-refractivity contribution in [3.8, 4) is 0 Å². The van der Waals surface area contributed by atoms with Gasteiger partial charge in [0, 0.05) is 34.1 Å². The van der Waals surface area contributed by atoms with Crippen molar-refractivity contribution in [3.63, 3.8) is 0 Å². The zero-order chi connectivity index (χ0) is 38.5. The minimum Gasteiger partial charge on any atom is -0.310 e. The van der Waals surface area contributed by atoms with E-state index >= 15 is 0 Å². The smallest absolute Gasteiger partial charge is 0.0464 e. The second-order valence-electron chi connectivity index (χ2n) is 13.7. The molecule has 0 aliphatic carbocycles. The lowest BCUT2D eigenvalue weighted by Crippen LogP contribution is -2.10. The Morgan fingerprint density at radius 2 is 0.537 bits per heavy atom. The molecule has 0 amide bonds. The SMILES string of the molecule is CC.Cc1ccc(C=Cc2ccc(N(c3cccc(C)c3)c3cccc(C)c3)cc2)cc1.Cc1ccc(N(c2cccc(C)c2)c2cccc(C)c2)cc1. The highest BCUT2D eigenvalue weighted by Crippen LogP contribution is 2.36. The fourth-order valence-corrected chi connectivity index (χ4v) is 6.26. The van der Waals surface area contributed by atoms with E-state index < -0.39 is 0 Å². The number of hydrogen-bond donors (Lipinski definition) is 0. The lowest BCUT2D eigenvalue weighted by Gasteiger charge is -2.26. The number of anilines is 6. The van der Waals surface area contributed by atoms with Crippen molar-refractivity contribution >= 4 is 46.3 Å². The van der Waals surface area contributed by atoms with E-state index in [-0.39, 0.29) is 0 Å². The van der Waals surface area contributed by atoms with E-state index in [1.54, 1.807) is 0 Å². The molecule has 0 bridgehead atoms. The summed E-state index contributed by atoms with van der Waals surface area (Å²) in [6.07, 6.45) is 4.32. The first kappa shape index (κ1) is 39.1. The highest BCUT2D eigenvalue weighted by Gasteiger charge is 2.14. The maximum atomic E-state index is 2.31. The maximum absolute atomic E-state index is 2.31. The third-order valence-electron chi connectivity index (χ3n) is 9.03. The van der Waals surface area contributed by atoms with Gasteiger partial charge in [-0.2, -0.15) is 0 Å². The molecule has 2 nitrogen and oxygen atoms in total. The maximum Gasteiger partial charge on any atom is 0.0464 e. The molecule has 272 valence electrons. The van der Waals surface area contributed by atoms with Crippen LogP contribution in [0.5, 0.6) is 0 Å². The van der Waals surface area contributed by atoms with Gasteiger partial charge in [-0.1, -0.05) is 134 Å². The molecule has 0 N–H and O–H groups in total. The summed E-state index contributed by atoms with van der Waals surface area (Å²) in [5, 5.41) is 0. The standard InChI is InChI=1S/C29H27N.C21H21N.C2H6/c1-22-10-12-25(13-11-22)14-15-26-16-18-27(19-17-26)30(28-8-4-6-23(2)20-28)29-9-5-7-24(3)21-29;1-16-10-12-19(13-11-16)22(20-8-4-6-17(2)14-20)21-9-5-7-18(3)15-21;1-2/h4-21H,1-3H3;4-15H,1-3H3;1-2H3. The Bertz CT molecular complexity index is 2150. The fourth-order valence-electron chi connectivity index (χ4n) is 6.26. The van der Waals surface area contributed by atoms with E-state index in [4.69, 9.17) is 0 Å². The quantitative estimate of drug-likeness (QED) is 0.145. The zero-order valence-corrected chi connectivity index (χ0v) is 33.2. The van der Waals surface area contributed by atoms with E-state index in [9.17, 15) is 0 Å². The molecule has 0 fully saturated rings. The summed E-state index contributed by atoms with van der Waals surface area (Å²) in [5.41, 5.74) is 17.0. The second kappa shape index (κ2) is 19.1. The molecule has 0 aliphatic rings. The predicted octanol–water partition coefficient (Wildman–Crippen LogP) is 15.4. The molecule has 7 rings (SSSR count). The third kappa shape index (κ3) is 10.7. The Balaban J connectivity index is 0.000000207. The first-order valence-electron chi connectivity index (χ1n) is 19.0. The lowest BCUT2D eigenvalue weighted by molar-refractivity contribution is 1.25. The minimum atomic E-state index is 1.15. The van der Waals surface area contributed by atoms with Crippen LogP contribution >= 0.6 is 0 Å². The summed E-state index contributed by atoms with van der Waals surface area (Å²) in [6.45, 7) is 16.8. The topological polar surface area (TPSA) is 6.48 Å². The van der Waals surface area contributed by atoms with Crippen LogP contribution in [0.15, 0.2) is 170 Å². The van der Waals surface area contributed by atoms with Gasteiger partial charge in [0.25, 0.3) is 0 Å². The van der Waals surface area contributed by atoms with Crippen molar-refractivity contribution < 1.29 is 0 Å². The Kier molecular flexibility index (Phi) is 13.8. The molecule has 0 saturated carbocycles. The summed E-state index contributed by atoms with van der Waals surface area (Å²) >= 11 is 0. The summed E-state index contributed by atoms with van der Waals surface area (Å²) in [6, 6.07) is 60.6. The van der Waals surface area contributed by atoms with E-state index in [0.717, 1.165) is 5.69 Å². The molecular weight excluding hydrogens is 653 g/mol.